The highest BCUT2D eigenvalue weighted by atomic mass is 32.1. The Labute approximate surface area is 170 Å². The summed E-state index contributed by atoms with van der Waals surface area (Å²) in [4.78, 5) is 39.7. The van der Waals surface area contributed by atoms with E-state index in [2.05, 4.69) is 15.5 Å². The highest BCUT2D eigenvalue weighted by Gasteiger charge is 2.32. The highest BCUT2D eigenvalue weighted by Crippen LogP contribution is 2.38. The average molecular weight is 419 g/mol. The first kappa shape index (κ1) is 19.4. The molecule has 0 fully saturated rings. The van der Waals surface area contributed by atoms with Gasteiger partial charge >= 0.3 is 12.1 Å². The molecule has 0 atom stereocenters. The number of hydrogen-bond donors (Lipinski definition) is 1. The summed E-state index contributed by atoms with van der Waals surface area (Å²) in [5.74, 6) is 0.0808. The molecule has 0 unspecified atom stereocenters. The Morgan fingerprint density at radius 2 is 2.03 bits per heavy atom. The lowest BCUT2D eigenvalue weighted by Crippen LogP contribution is -2.36. The topological polar surface area (TPSA) is 116 Å². The first-order valence-corrected chi connectivity index (χ1v) is 10.2. The summed E-state index contributed by atoms with van der Waals surface area (Å²) in [7, 11) is 1.30. The quantitative estimate of drug-likeness (QED) is 0.752. The molecule has 2 aromatic heterocycles. The molecule has 11 heteroatoms. The molecule has 2 aromatic rings. The number of esters is 1. The third-order valence-electron chi connectivity index (χ3n) is 5.01. The Bertz CT molecular complexity index is 982. The Hall–Kier alpha value is -2.95. The van der Waals surface area contributed by atoms with Gasteiger partial charge in [0.15, 0.2) is 0 Å². The Morgan fingerprint density at radius 3 is 2.79 bits per heavy atom. The summed E-state index contributed by atoms with van der Waals surface area (Å²) in [6.45, 7) is 3.49. The van der Waals surface area contributed by atoms with Crippen molar-refractivity contribution in [3.05, 3.63) is 27.7 Å². The number of fused-ring (bicyclic) bond motifs is 2. The number of aromatic nitrogens is 3. The predicted octanol–water partition coefficient (Wildman–Crippen LogP) is 1.84. The van der Waals surface area contributed by atoms with Crippen LogP contribution in [0.2, 0.25) is 0 Å². The van der Waals surface area contributed by atoms with E-state index in [0.29, 0.717) is 43.2 Å². The largest absolute Gasteiger partial charge is 0.465 e. The number of anilines is 1. The molecular formula is C18H21N5O5S. The van der Waals surface area contributed by atoms with Gasteiger partial charge in [0.25, 0.3) is 5.91 Å². The zero-order valence-electron chi connectivity index (χ0n) is 16.2. The van der Waals surface area contributed by atoms with Crippen LogP contribution in [0.4, 0.5) is 9.80 Å². The van der Waals surface area contributed by atoms with Crippen LogP contribution in [-0.2, 0) is 35.4 Å². The molecule has 0 radical (unpaired) electrons. The van der Waals surface area contributed by atoms with E-state index in [4.69, 9.17) is 9.47 Å². The number of amides is 2. The lowest BCUT2D eigenvalue weighted by atomic mass is 10.0. The second kappa shape index (κ2) is 7.82. The van der Waals surface area contributed by atoms with Gasteiger partial charge in [-0.05, 0) is 25.3 Å². The first-order chi connectivity index (χ1) is 14.0. The standard InChI is InChI=1S/C18H21N5O5S/c1-3-28-18(26)22-8-6-10-11(9-22)29-16(13(10)17(25)27-2)19-15(24)14-21-20-12-5-4-7-23(12)14/h3-9H2,1-2H3,(H,19,24). The summed E-state index contributed by atoms with van der Waals surface area (Å²) in [5, 5.41) is 11.2. The maximum Gasteiger partial charge on any atom is 0.410 e. The number of carbonyl (C=O) groups is 3. The van der Waals surface area contributed by atoms with Gasteiger partial charge in [0.1, 0.15) is 10.8 Å². The van der Waals surface area contributed by atoms with Crippen molar-refractivity contribution in [3.8, 4) is 0 Å². The molecule has 2 amide bonds. The fourth-order valence-corrected chi connectivity index (χ4v) is 4.90. The van der Waals surface area contributed by atoms with Crippen molar-refractivity contribution >= 4 is 34.3 Å². The molecule has 0 aliphatic carbocycles. The summed E-state index contributed by atoms with van der Waals surface area (Å²) in [5.41, 5.74) is 1.13. The maximum atomic E-state index is 12.8. The second-order valence-corrected chi connectivity index (χ2v) is 7.82. The van der Waals surface area contributed by atoms with Crippen LogP contribution >= 0.6 is 11.3 Å². The van der Waals surface area contributed by atoms with Crippen molar-refractivity contribution in [3.63, 3.8) is 0 Å². The van der Waals surface area contributed by atoms with Crippen LogP contribution in [-0.4, -0.2) is 57.9 Å². The summed E-state index contributed by atoms with van der Waals surface area (Å²) >= 11 is 1.26. The van der Waals surface area contributed by atoms with Crippen LogP contribution in [0.3, 0.4) is 0 Å². The molecule has 0 spiro atoms. The Morgan fingerprint density at radius 1 is 1.21 bits per heavy atom. The number of rotatable bonds is 4. The minimum atomic E-state index is -0.520. The number of nitrogens with one attached hydrogen (secondary N) is 1. The zero-order chi connectivity index (χ0) is 20.5. The predicted molar refractivity (Wildman–Crippen MR) is 103 cm³/mol. The van der Waals surface area contributed by atoms with E-state index in [1.165, 1.54) is 18.4 Å². The number of aryl methyl sites for hydroxylation is 1. The fourth-order valence-electron chi connectivity index (χ4n) is 3.66. The van der Waals surface area contributed by atoms with Crippen molar-refractivity contribution in [2.24, 2.45) is 0 Å². The maximum absolute atomic E-state index is 12.8. The molecule has 0 saturated heterocycles. The molecule has 0 aromatic carbocycles. The van der Waals surface area contributed by atoms with E-state index in [9.17, 15) is 14.4 Å². The third-order valence-corrected chi connectivity index (χ3v) is 6.14. The summed E-state index contributed by atoms with van der Waals surface area (Å²) in [6.07, 6.45) is 1.81. The normalized spacial score (nSPS) is 14.9. The molecule has 2 aliphatic rings. The van der Waals surface area contributed by atoms with E-state index < -0.39 is 18.0 Å². The van der Waals surface area contributed by atoms with Crippen LogP contribution in [0.1, 0.15) is 50.6 Å². The van der Waals surface area contributed by atoms with Crippen LogP contribution in [0.5, 0.6) is 0 Å². The first-order valence-electron chi connectivity index (χ1n) is 9.41. The molecule has 4 rings (SSSR count). The van der Waals surface area contributed by atoms with Gasteiger partial charge < -0.3 is 24.3 Å². The third kappa shape index (κ3) is 3.46. The average Bonchev–Trinajstić information content (AvgIpc) is 3.40. The van der Waals surface area contributed by atoms with Gasteiger partial charge in [-0.3, -0.25) is 4.79 Å². The van der Waals surface area contributed by atoms with Crippen molar-refractivity contribution in [2.75, 3.05) is 25.6 Å². The molecule has 2 aliphatic heterocycles. The van der Waals surface area contributed by atoms with Gasteiger partial charge in [0, 0.05) is 24.4 Å². The zero-order valence-corrected chi connectivity index (χ0v) is 17.0. The molecule has 1 N–H and O–H groups in total. The van der Waals surface area contributed by atoms with Crippen molar-refractivity contribution < 1.29 is 23.9 Å². The van der Waals surface area contributed by atoms with Crippen LogP contribution in [0.25, 0.3) is 0 Å². The fraction of sp³-hybridized carbons (Fsp3) is 0.500. The number of carbonyl (C=O) groups excluding carboxylic acids is 3. The van der Waals surface area contributed by atoms with Crippen LogP contribution < -0.4 is 5.32 Å². The van der Waals surface area contributed by atoms with Crippen molar-refractivity contribution in [1.82, 2.24) is 19.7 Å². The smallest absolute Gasteiger partial charge is 0.410 e. The minimum absolute atomic E-state index is 0.229. The van der Waals surface area contributed by atoms with Crippen molar-refractivity contribution in [1.29, 1.82) is 0 Å². The van der Waals surface area contributed by atoms with E-state index in [0.717, 1.165) is 29.1 Å². The molecular weight excluding hydrogens is 398 g/mol. The van der Waals surface area contributed by atoms with Gasteiger partial charge in [-0.1, -0.05) is 0 Å². The number of thiophene rings is 1. The molecule has 29 heavy (non-hydrogen) atoms. The van der Waals surface area contributed by atoms with E-state index in [1.54, 1.807) is 16.4 Å². The Kier molecular flexibility index (Phi) is 5.22. The van der Waals surface area contributed by atoms with Crippen molar-refractivity contribution in [2.45, 2.75) is 39.3 Å². The summed E-state index contributed by atoms with van der Waals surface area (Å²) < 4.78 is 11.8. The van der Waals surface area contributed by atoms with Gasteiger partial charge in [0.05, 0.1) is 25.8 Å². The van der Waals surface area contributed by atoms with Crippen LogP contribution in [0.15, 0.2) is 0 Å². The number of ether oxygens (including phenoxy) is 2. The minimum Gasteiger partial charge on any atom is -0.465 e. The lowest BCUT2D eigenvalue weighted by molar-refractivity contribution is 0.0600. The molecule has 4 heterocycles. The van der Waals surface area contributed by atoms with Gasteiger partial charge in [-0.2, -0.15) is 0 Å². The van der Waals surface area contributed by atoms with E-state index in [-0.39, 0.29) is 5.82 Å². The van der Waals surface area contributed by atoms with E-state index in [1.807, 2.05) is 0 Å². The molecule has 154 valence electrons. The molecule has 10 nitrogen and oxygen atoms in total. The SMILES string of the molecule is CCOC(=O)N1CCc2c(sc(NC(=O)c3nnc4n3CCC4)c2C(=O)OC)C1. The Balaban J connectivity index is 1.62. The number of nitrogens with zero attached hydrogens (tertiary/aromatic N) is 4. The van der Waals surface area contributed by atoms with E-state index >= 15 is 0 Å². The van der Waals surface area contributed by atoms with Gasteiger partial charge in [0.2, 0.25) is 5.82 Å². The van der Waals surface area contributed by atoms with Crippen LogP contribution in [0, 0.1) is 0 Å². The second-order valence-electron chi connectivity index (χ2n) is 6.72. The number of methoxy groups -OCH3 is 1. The summed E-state index contributed by atoms with van der Waals surface area (Å²) in [6, 6.07) is 0. The molecule has 0 saturated carbocycles. The highest BCUT2D eigenvalue weighted by molar-refractivity contribution is 7.17. The van der Waals surface area contributed by atoms with Gasteiger partial charge in [-0.25, -0.2) is 9.59 Å². The van der Waals surface area contributed by atoms with Gasteiger partial charge in [-0.15, -0.1) is 21.5 Å². The molecule has 0 bridgehead atoms. The number of hydrogen-bond acceptors (Lipinski definition) is 8. The monoisotopic (exact) mass is 419 g/mol. The lowest BCUT2D eigenvalue weighted by Gasteiger charge is -2.26.